The maximum atomic E-state index is 6.04. The second kappa shape index (κ2) is 10.8. The quantitative estimate of drug-likeness (QED) is 0.198. The Morgan fingerprint density at radius 3 is 2.67 bits per heavy atom. The lowest BCUT2D eigenvalue weighted by molar-refractivity contribution is 0.153. The standard InChI is InChI=1S/C22H32N8OSSi/c1-16-27-28-22(32-16)30(15-31-9-10-33(4,5)6)21-8-7-19-20(26-21)11-17(14-25-19)29(3)18(12-23)13-24-2/h7-8,11-14H,9-10,15,23H2,1-6H3. The Kier molecular flexibility index (Phi) is 8.11. The third-order valence-corrected chi connectivity index (χ3v) is 7.52. The van der Waals surface area contributed by atoms with Gasteiger partial charge in [0.2, 0.25) is 5.13 Å². The Morgan fingerprint density at radius 2 is 2.03 bits per heavy atom. The Bertz CT molecular complexity index is 1140. The zero-order valence-corrected chi connectivity index (χ0v) is 21.9. The molecule has 0 spiro atoms. The van der Waals surface area contributed by atoms with E-state index in [0.717, 1.165) is 44.4 Å². The second-order valence-corrected chi connectivity index (χ2v) is 15.6. The first-order valence-electron chi connectivity index (χ1n) is 10.7. The molecule has 3 aromatic heterocycles. The van der Waals surface area contributed by atoms with Crippen LogP contribution in [0.4, 0.5) is 16.6 Å². The number of nitrogens with zero attached hydrogens (tertiary/aromatic N) is 7. The lowest BCUT2D eigenvalue weighted by Crippen LogP contribution is -2.26. The summed E-state index contributed by atoms with van der Waals surface area (Å²) in [5.41, 5.74) is 8.94. The van der Waals surface area contributed by atoms with E-state index in [1.54, 1.807) is 19.5 Å². The molecule has 9 nitrogen and oxygen atoms in total. The van der Waals surface area contributed by atoms with Crippen molar-refractivity contribution in [1.29, 1.82) is 0 Å². The zero-order valence-electron chi connectivity index (χ0n) is 20.1. The van der Waals surface area contributed by atoms with Crippen LogP contribution in [0.3, 0.4) is 0 Å². The molecular formula is C22H32N8OSSi. The molecule has 0 unspecified atom stereocenters. The van der Waals surface area contributed by atoms with Crippen LogP contribution in [0.25, 0.3) is 11.0 Å². The highest BCUT2D eigenvalue weighted by Gasteiger charge is 2.18. The van der Waals surface area contributed by atoms with Gasteiger partial charge < -0.3 is 15.4 Å². The van der Waals surface area contributed by atoms with Crippen molar-refractivity contribution in [3.8, 4) is 0 Å². The van der Waals surface area contributed by atoms with Crippen molar-refractivity contribution in [2.75, 3.05) is 37.2 Å². The van der Waals surface area contributed by atoms with Gasteiger partial charge in [-0.2, -0.15) is 0 Å². The van der Waals surface area contributed by atoms with Crippen LogP contribution < -0.4 is 15.5 Å². The maximum absolute atomic E-state index is 6.04. The summed E-state index contributed by atoms with van der Waals surface area (Å²) in [7, 11) is 2.44. The SMILES string of the molecule is CN=CC(=CN)N(C)c1cnc2ccc(N(COCC[Si](C)(C)C)c3nnc(C)s3)nc2c1. The van der Waals surface area contributed by atoms with Crippen molar-refractivity contribution in [2.45, 2.75) is 32.6 Å². The minimum absolute atomic E-state index is 0.359. The average molecular weight is 485 g/mol. The summed E-state index contributed by atoms with van der Waals surface area (Å²) < 4.78 is 6.04. The van der Waals surface area contributed by atoms with Crippen LogP contribution in [-0.4, -0.2) is 61.9 Å². The molecule has 0 bridgehead atoms. The fourth-order valence-corrected chi connectivity index (χ4v) is 4.43. The van der Waals surface area contributed by atoms with Crippen LogP contribution in [0, 0.1) is 6.92 Å². The number of hydrogen-bond acceptors (Lipinski definition) is 10. The number of aromatic nitrogens is 4. The highest BCUT2D eigenvalue weighted by molar-refractivity contribution is 7.15. The molecule has 0 saturated carbocycles. The van der Waals surface area contributed by atoms with E-state index in [-0.39, 0.29) is 0 Å². The predicted molar refractivity (Wildman–Crippen MR) is 140 cm³/mol. The molecule has 0 fully saturated rings. The normalized spacial score (nSPS) is 12.6. The molecule has 0 aliphatic heterocycles. The number of pyridine rings is 2. The molecule has 3 rings (SSSR count). The monoisotopic (exact) mass is 484 g/mol. The number of nitrogens with two attached hydrogens (primary N) is 1. The number of hydrogen-bond donors (Lipinski definition) is 1. The van der Waals surface area contributed by atoms with Gasteiger partial charge in [0.1, 0.15) is 17.6 Å². The number of rotatable bonds is 10. The predicted octanol–water partition coefficient (Wildman–Crippen LogP) is 4.18. The minimum Gasteiger partial charge on any atom is -0.403 e. The third kappa shape index (κ3) is 6.56. The molecule has 33 heavy (non-hydrogen) atoms. The lowest BCUT2D eigenvalue weighted by Gasteiger charge is -2.22. The summed E-state index contributed by atoms with van der Waals surface area (Å²) in [6.45, 7) is 10.0. The van der Waals surface area contributed by atoms with Crippen LogP contribution in [0.1, 0.15) is 5.01 Å². The Balaban J connectivity index is 1.91. The fraction of sp³-hybridized carbons (Fsp3) is 0.409. The minimum atomic E-state index is -1.18. The van der Waals surface area contributed by atoms with Gasteiger partial charge in [0, 0.05) is 41.2 Å². The van der Waals surface area contributed by atoms with Crippen LogP contribution in [0.5, 0.6) is 0 Å². The number of anilines is 3. The summed E-state index contributed by atoms with van der Waals surface area (Å²) in [5.74, 6) is 0.734. The van der Waals surface area contributed by atoms with Crippen molar-refractivity contribution in [2.24, 2.45) is 10.7 Å². The van der Waals surface area contributed by atoms with Crippen LogP contribution in [0.15, 0.2) is 41.3 Å². The molecule has 0 radical (unpaired) electrons. The zero-order chi connectivity index (χ0) is 24.0. The van der Waals surface area contributed by atoms with E-state index in [2.05, 4.69) is 39.8 Å². The van der Waals surface area contributed by atoms with Crippen molar-refractivity contribution in [1.82, 2.24) is 20.2 Å². The molecule has 0 aliphatic carbocycles. The van der Waals surface area contributed by atoms with Gasteiger partial charge >= 0.3 is 0 Å². The Labute approximate surface area is 200 Å². The van der Waals surface area contributed by atoms with Crippen LogP contribution in [-0.2, 0) is 4.74 Å². The highest BCUT2D eigenvalue weighted by Crippen LogP contribution is 2.29. The van der Waals surface area contributed by atoms with Gasteiger partial charge in [-0.05, 0) is 31.2 Å². The number of aliphatic imine (C=N–C) groups is 1. The van der Waals surface area contributed by atoms with Crippen molar-refractivity contribution < 1.29 is 4.74 Å². The number of allylic oxidation sites excluding steroid dienone is 1. The second-order valence-electron chi connectivity index (χ2n) is 8.82. The van der Waals surface area contributed by atoms with E-state index in [9.17, 15) is 0 Å². The van der Waals surface area contributed by atoms with Crippen molar-refractivity contribution in [3.63, 3.8) is 0 Å². The van der Waals surface area contributed by atoms with Crippen LogP contribution >= 0.6 is 11.3 Å². The average Bonchev–Trinajstić information content (AvgIpc) is 3.21. The van der Waals surface area contributed by atoms with E-state index in [1.807, 2.05) is 42.0 Å². The smallest absolute Gasteiger partial charge is 0.215 e. The molecule has 176 valence electrons. The summed E-state index contributed by atoms with van der Waals surface area (Å²) in [6, 6.07) is 6.97. The molecule has 2 N–H and O–H groups in total. The molecule has 0 atom stereocenters. The fourth-order valence-electron chi connectivity index (χ4n) is 2.99. The first kappa shape index (κ1) is 24.7. The molecule has 0 aliphatic rings. The van der Waals surface area contributed by atoms with E-state index in [0.29, 0.717) is 13.3 Å². The Hall–Kier alpha value is -2.89. The summed E-state index contributed by atoms with van der Waals surface area (Å²) in [4.78, 5) is 17.4. The van der Waals surface area contributed by atoms with E-state index in [4.69, 9.17) is 15.5 Å². The van der Waals surface area contributed by atoms with Crippen molar-refractivity contribution in [3.05, 3.63) is 41.3 Å². The molecule has 3 heterocycles. The van der Waals surface area contributed by atoms with Gasteiger partial charge in [0.25, 0.3) is 0 Å². The van der Waals surface area contributed by atoms with Gasteiger partial charge in [-0.15, -0.1) is 10.2 Å². The molecule has 11 heteroatoms. The Morgan fingerprint density at radius 1 is 1.24 bits per heavy atom. The van der Waals surface area contributed by atoms with Gasteiger partial charge in [0.15, 0.2) is 0 Å². The first-order chi connectivity index (χ1) is 15.7. The number of aryl methyl sites for hydroxylation is 1. The number of fused-ring (bicyclic) bond motifs is 1. The number of ether oxygens (including phenoxy) is 1. The highest BCUT2D eigenvalue weighted by atomic mass is 32.1. The molecular weight excluding hydrogens is 452 g/mol. The van der Waals surface area contributed by atoms with Gasteiger partial charge in [0.05, 0.1) is 28.6 Å². The van der Waals surface area contributed by atoms with E-state index < -0.39 is 8.07 Å². The molecule has 0 aromatic carbocycles. The van der Waals surface area contributed by atoms with Gasteiger partial charge in [-0.25, -0.2) is 4.98 Å². The van der Waals surface area contributed by atoms with Crippen molar-refractivity contribution >= 4 is 53.3 Å². The van der Waals surface area contributed by atoms with Crippen LogP contribution in [0.2, 0.25) is 25.7 Å². The summed E-state index contributed by atoms with van der Waals surface area (Å²) in [5, 5.41) is 10.1. The topological polar surface area (TPSA) is 106 Å². The van der Waals surface area contributed by atoms with E-state index >= 15 is 0 Å². The van der Waals surface area contributed by atoms with E-state index in [1.165, 1.54) is 17.5 Å². The maximum Gasteiger partial charge on any atom is 0.215 e. The first-order valence-corrected chi connectivity index (χ1v) is 15.2. The summed E-state index contributed by atoms with van der Waals surface area (Å²) >= 11 is 1.51. The third-order valence-electron chi connectivity index (χ3n) is 4.95. The molecule has 0 saturated heterocycles. The van der Waals surface area contributed by atoms with Gasteiger partial charge in [-0.3, -0.25) is 14.9 Å². The van der Waals surface area contributed by atoms with Gasteiger partial charge in [-0.1, -0.05) is 31.0 Å². The largest absolute Gasteiger partial charge is 0.403 e. The molecule has 0 amide bonds. The molecule has 3 aromatic rings. The summed E-state index contributed by atoms with van der Waals surface area (Å²) in [6.07, 6.45) is 5.01. The lowest BCUT2D eigenvalue weighted by atomic mass is 10.2.